The lowest BCUT2D eigenvalue weighted by Gasteiger charge is -2.23. The lowest BCUT2D eigenvalue weighted by molar-refractivity contribution is -0.124. The fraction of sp³-hybridized carbons (Fsp3) is 0.769. The van der Waals surface area contributed by atoms with Gasteiger partial charge >= 0.3 is 0 Å². The van der Waals surface area contributed by atoms with Crippen molar-refractivity contribution in [1.29, 1.82) is 0 Å². The molecule has 0 heterocycles. The zero-order chi connectivity index (χ0) is 13.3. The van der Waals surface area contributed by atoms with Gasteiger partial charge in [0.15, 0.2) is 0 Å². The van der Waals surface area contributed by atoms with Crippen molar-refractivity contribution in [3.8, 4) is 0 Å². The second kappa shape index (κ2) is 8.25. The molecule has 100 valence electrons. The molecule has 1 atom stereocenters. The summed E-state index contributed by atoms with van der Waals surface area (Å²) in [5.74, 6) is 0.0172. The Labute approximate surface area is 105 Å². The molecule has 4 heteroatoms. The summed E-state index contributed by atoms with van der Waals surface area (Å²) in [6.45, 7) is 13.3. The van der Waals surface area contributed by atoms with E-state index in [0.29, 0.717) is 19.8 Å². The molecule has 0 bridgehead atoms. The van der Waals surface area contributed by atoms with Crippen LogP contribution in [0.25, 0.3) is 0 Å². The number of ether oxygens (including phenoxy) is 1. The second-order valence-electron chi connectivity index (χ2n) is 5.10. The highest BCUT2D eigenvalue weighted by atomic mass is 16.5. The summed E-state index contributed by atoms with van der Waals surface area (Å²) in [6, 6.07) is -0.197. The number of carbonyl (C=O) groups excluding carboxylic acids is 1. The molecular weight excluding hydrogens is 216 g/mol. The van der Waals surface area contributed by atoms with Crippen molar-refractivity contribution in [2.24, 2.45) is 0 Å². The van der Waals surface area contributed by atoms with Gasteiger partial charge in [-0.3, -0.25) is 4.79 Å². The van der Waals surface area contributed by atoms with E-state index in [2.05, 4.69) is 17.2 Å². The molecule has 0 aliphatic carbocycles. The summed E-state index contributed by atoms with van der Waals surface area (Å²) in [6.07, 6.45) is 2.69. The van der Waals surface area contributed by atoms with Crippen LogP contribution in [-0.4, -0.2) is 37.2 Å². The van der Waals surface area contributed by atoms with Crippen LogP contribution in [0.5, 0.6) is 0 Å². The third-order valence-electron chi connectivity index (χ3n) is 2.05. The molecule has 0 aromatic carbocycles. The maximum absolute atomic E-state index is 11.7. The van der Waals surface area contributed by atoms with Crippen LogP contribution in [0.3, 0.4) is 0 Å². The number of hydrogen-bond acceptors (Lipinski definition) is 3. The highest BCUT2D eigenvalue weighted by Crippen LogP contribution is 1.99. The lowest BCUT2D eigenvalue weighted by atomic mass is 10.1. The molecule has 0 aliphatic rings. The minimum Gasteiger partial charge on any atom is -0.380 e. The van der Waals surface area contributed by atoms with E-state index < -0.39 is 0 Å². The smallest absolute Gasteiger partial charge is 0.237 e. The number of amides is 1. The van der Waals surface area contributed by atoms with Gasteiger partial charge < -0.3 is 15.4 Å². The number of hydrogen-bond donors (Lipinski definition) is 2. The first-order valence-corrected chi connectivity index (χ1v) is 6.11. The van der Waals surface area contributed by atoms with Crippen LogP contribution in [0.4, 0.5) is 0 Å². The molecule has 0 spiro atoms. The van der Waals surface area contributed by atoms with Gasteiger partial charge in [-0.2, -0.15) is 0 Å². The first-order valence-electron chi connectivity index (χ1n) is 6.11. The molecule has 0 aromatic rings. The zero-order valence-electron chi connectivity index (χ0n) is 11.5. The summed E-state index contributed by atoms with van der Waals surface area (Å²) in [4.78, 5) is 11.7. The third kappa shape index (κ3) is 10.0. The van der Waals surface area contributed by atoms with Gasteiger partial charge in [-0.15, -0.1) is 6.58 Å². The summed E-state index contributed by atoms with van der Waals surface area (Å²) in [5, 5.41) is 6.04. The van der Waals surface area contributed by atoms with Crippen molar-refractivity contribution >= 4 is 5.91 Å². The molecule has 17 heavy (non-hydrogen) atoms. The van der Waals surface area contributed by atoms with Crippen LogP contribution in [-0.2, 0) is 9.53 Å². The standard InChI is InChI=1S/C13H26N2O2/c1-6-7-9-17-10-8-14-11(2)12(16)15-13(3,4)5/h6,11,14H,1,7-10H2,2-5H3,(H,15,16). The fourth-order valence-corrected chi connectivity index (χ4v) is 1.19. The Morgan fingerprint density at radius 1 is 1.41 bits per heavy atom. The first kappa shape index (κ1) is 16.1. The van der Waals surface area contributed by atoms with Crippen molar-refractivity contribution in [2.45, 2.75) is 45.7 Å². The van der Waals surface area contributed by atoms with Crippen LogP contribution >= 0.6 is 0 Å². The van der Waals surface area contributed by atoms with Gasteiger partial charge in [-0.1, -0.05) is 6.08 Å². The molecule has 0 aromatic heterocycles. The van der Waals surface area contributed by atoms with E-state index in [1.54, 1.807) is 0 Å². The Morgan fingerprint density at radius 2 is 2.06 bits per heavy atom. The van der Waals surface area contributed by atoms with Crippen molar-refractivity contribution in [3.05, 3.63) is 12.7 Å². The highest BCUT2D eigenvalue weighted by molar-refractivity contribution is 5.81. The number of rotatable bonds is 8. The Bertz CT molecular complexity index is 234. The highest BCUT2D eigenvalue weighted by Gasteiger charge is 2.18. The van der Waals surface area contributed by atoms with Gasteiger partial charge in [0.2, 0.25) is 5.91 Å². The average Bonchev–Trinajstić information content (AvgIpc) is 2.20. The SMILES string of the molecule is C=CCCOCCNC(C)C(=O)NC(C)(C)C. The molecule has 1 unspecified atom stereocenters. The third-order valence-corrected chi connectivity index (χ3v) is 2.05. The molecule has 0 aliphatic heterocycles. The molecule has 0 saturated carbocycles. The molecule has 0 radical (unpaired) electrons. The van der Waals surface area contributed by atoms with Gasteiger partial charge in [-0.25, -0.2) is 0 Å². The Kier molecular flexibility index (Phi) is 7.83. The van der Waals surface area contributed by atoms with E-state index in [0.717, 1.165) is 6.42 Å². The molecular formula is C13H26N2O2. The Morgan fingerprint density at radius 3 is 2.59 bits per heavy atom. The quantitative estimate of drug-likeness (QED) is 0.500. The maximum atomic E-state index is 11.7. The second-order valence-corrected chi connectivity index (χ2v) is 5.10. The van der Waals surface area contributed by atoms with E-state index in [-0.39, 0.29) is 17.5 Å². The van der Waals surface area contributed by atoms with Crippen molar-refractivity contribution in [3.63, 3.8) is 0 Å². The maximum Gasteiger partial charge on any atom is 0.237 e. The van der Waals surface area contributed by atoms with E-state index in [1.165, 1.54) is 0 Å². The Balaban J connectivity index is 3.61. The topological polar surface area (TPSA) is 50.4 Å². The fourth-order valence-electron chi connectivity index (χ4n) is 1.19. The number of carbonyl (C=O) groups is 1. The van der Waals surface area contributed by atoms with Crippen molar-refractivity contribution in [1.82, 2.24) is 10.6 Å². The first-order chi connectivity index (χ1) is 7.87. The van der Waals surface area contributed by atoms with Crippen LogP contribution in [0.1, 0.15) is 34.1 Å². The molecule has 0 saturated heterocycles. The minimum absolute atomic E-state index is 0.0172. The number of nitrogens with one attached hydrogen (secondary N) is 2. The van der Waals surface area contributed by atoms with E-state index in [9.17, 15) is 4.79 Å². The van der Waals surface area contributed by atoms with Gasteiger partial charge in [0.05, 0.1) is 19.3 Å². The summed E-state index contributed by atoms with van der Waals surface area (Å²) >= 11 is 0. The van der Waals surface area contributed by atoms with Crippen LogP contribution in [0, 0.1) is 0 Å². The predicted molar refractivity (Wildman–Crippen MR) is 71.0 cm³/mol. The Hall–Kier alpha value is -0.870. The summed E-state index contributed by atoms with van der Waals surface area (Å²) in [5.41, 5.74) is -0.187. The van der Waals surface area contributed by atoms with E-state index in [4.69, 9.17) is 4.74 Å². The molecule has 4 nitrogen and oxygen atoms in total. The van der Waals surface area contributed by atoms with Crippen LogP contribution in [0.15, 0.2) is 12.7 Å². The van der Waals surface area contributed by atoms with Gasteiger partial charge in [0.25, 0.3) is 0 Å². The zero-order valence-corrected chi connectivity index (χ0v) is 11.5. The summed E-state index contributed by atoms with van der Waals surface area (Å²) < 4.78 is 5.34. The van der Waals surface area contributed by atoms with Crippen LogP contribution in [0.2, 0.25) is 0 Å². The molecule has 1 amide bonds. The van der Waals surface area contributed by atoms with Gasteiger partial charge in [0, 0.05) is 12.1 Å². The average molecular weight is 242 g/mol. The van der Waals surface area contributed by atoms with Crippen LogP contribution < -0.4 is 10.6 Å². The van der Waals surface area contributed by atoms with E-state index in [1.807, 2.05) is 33.8 Å². The van der Waals surface area contributed by atoms with Gasteiger partial charge in [-0.05, 0) is 34.1 Å². The summed E-state index contributed by atoms with van der Waals surface area (Å²) in [7, 11) is 0. The van der Waals surface area contributed by atoms with Crippen molar-refractivity contribution < 1.29 is 9.53 Å². The molecule has 2 N–H and O–H groups in total. The van der Waals surface area contributed by atoms with Gasteiger partial charge in [0.1, 0.15) is 0 Å². The van der Waals surface area contributed by atoms with Crippen molar-refractivity contribution in [2.75, 3.05) is 19.8 Å². The predicted octanol–water partition coefficient (Wildman–Crippen LogP) is 1.47. The minimum atomic E-state index is -0.197. The molecule has 0 rings (SSSR count). The van der Waals surface area contributed by atoms with E-state index >= 15 is 0 Å². The largest absolute Gasteiger partial charge is 0.380 e. The lowest BCUT2D eigenvalue weighted by Crippen LogP contribution is -2.50. The molecule has 0 fully saturated rings. The monoisotopic (exact) mass is 242 g/mol. The normalized spacial score (nSPS) is 13.2.